The number of nitrogens with zero attached hydrogens (tertiary/aromatic N) is 1. The number of anilines is 1. The lowest BCUT2D eigenvalue weighted by molar-refractivity contribution is 0.918. The van der Waals surface area contributed by atoms with Crippen LogP contribution in [0.4, 0.5) is 5.69 Å². The zero-order chi connectivity index (χ0) is 11.4. The zero-order valence-corrected chi connectivity index (χ0v) is 11.4. The molecular weight excluding hydrogens is 309 g/mol. The Bertz CT molecular complexity index is 453. The summed E-state index contributed by atoms with van der Waals surface area (Å²) in [5, 5.41) is 0. The van der Waals surface area contributed by atoms with Crippen LogP contribution in [0, 0.1) is 3.57 Å². The smallest absolute Gasteiger partial charge is 0.0436 e. The van der Waals surface area contributed by atoms with Crippen LogP contribution in [0.3, 0.4) is 0 Å². The summed E-state index contributed by atoms with van der Waals surface area (Å²) in [6.45, 7) is 0.948. The van der Waals surface area contributed by atoms with Gasteiger partial charge >= 0.3 is 0 Å². The fourth-order valence-corrected chi connectivity index (χ4v) is 2.21. The van der Waals surface area contributed by atoms with E-state index >= 15 is 0 Å². The second-order valence-electron chi connectivity index (χ2n) is 3.78. The van der Waals surface area contributed by atoms with E-state index in [1.165, 1.54) is 14.8 Å². The average Bonchev–Trinajstić information content (AvgIpc) is 2.33. The summed E-state index contributed by atoms with van der Waals surface area (Å²) >= 11 is 2.39. The van der Waals surface area contributed by atoms with Gasteiger partial charge in [0.15, 0.2) is 0 Å². The Balaban J connectivity index is 2.14. The third kappa shape index (κ3) is 2.76. The van der Waals surface area contributed by atoms with Crippen LogP contribution >= 0.6 is 22.6 Å². The van der Waals surface area contributed by atoms with Crippen molar-refractivity contribution >= 4 is 28.3 Å². The van der Waals surface area contributed by atoms with E-state index in [0.29, 0.717) is 0 Å². The maximum absolute atomic E-state index is 2.39. The summed E-state index contributed by atoms with van der Waals surface area (Å²) in [5.74, 6) is 0. The van der Waals surface area contributed by atoms with Crippen molar-refractivity contribution in [3.8, 4) is 0 Å². The van der Waals surface area contributed by atoms with E-state index < -0.39 is 0 Å². The van der Waals surface area contributed by atoms with Crippen LogP contribution in [-0.4, -0.2) is 7.05 Å². The van der Waals surface area contributed by atoms with Gasteiger partial charge in [0.25, 0.3) is 0 Å². The van der Waals surface area contributed by atoms with E-state index in [0.717, 1.165) is 6.54 Å². The minimum Gasteiger partial charge on any atom is -0.370 e. The van der Waals surface area contributed by atoms with Crippen molar-refractivity contribution in [3.63, 3.8) is 0 Å². The van der Waals surface area contributed by atoms with Gasteiger partial charge in [-0.05, 0) is 46.4 Å². The molecule has 0 atom stereocenters. The van der Waals surface area contributed by atoms with Crippen LogP contribution in [0.1, 0.15) is 5.56 Å². The fraction of sp³-hybridized carbons (Fsp3) is 0.143. The van der Waals surface area contributed by atoms with Gasteiger partial charge in [0, 0.05) is 22.8 Å². The minimum atomic E-state index is 0.948. The van der Waals surface area contributed by atoms with E-state index in [2.05, 4.69) is 83.1 Å². The maximum atomic E-state index is 2.39. The summed E-state index contributed by atoms with van der Waals surface area (Å²) in [4.78, 5) is 2.26. The van der Waals surface area contributed by atoms with Crippen molar-refractivity contribution in [2.45, 2.75) is 6.54 Å². The van der Waals surface area contributed by atoms with Crippen LogP contribution < -0.4 is 4.90 Å². The lowest BCUT2D eigenvalue weighted by atomic mass is 10.2. The molecule has 0 amide bonds. The fourth-order valence-electron chi connectivity index (χ4n) is 1.66. The van der Waals surface area contributed by atoms with E-state index in [1.54, 1.807) is 0 Å². The van der Waals surface area contributed by atoms with Crippen LogP contribution in [0.25, 0.3) is 0 Å². The minimum absolute atomic E-state index is 0.948. The molecule has 0 saturated carbocycles. The quantitative estimate of drug-likeness (QED) is 0.774. The van der Waals surface area contributed by atoms with E-state index in [9.17, 15) is 0 Å². The van der Waals surface area contributed by atoms with E-state index in [4.69, 9.17) is 0 Å². The molecule has 0 spiro atoms. The highest BCUT2D eigenvalue weighted by Crippen LogP contribution is 2.18. The normalized spacial score (nSPS) is 10.1. The third-order valence-corrected chi connectivity index (χ3v) is 3.61. The summed E-state index contributed by atoms with van der Waals surface area (Å²) in [6.07, 6.45) is 0. The van der Waals surface area contributed by atoms with Crippen LogP contribution in [-0.2, 0) is 6.54 Å². The average molecular weight is 323 g/mol. The molecule has 2 aromatic carbocycles. The second kappa shape index (κ2) is 5.34. The molecule has 0 radical (unpaired) electrons. The molecule has 82 valence electrons. The molecule has 0 aliphatic carbocycles. The number of para-hydroxylation sites is 1. The van der Waals surface area contributed by atoms with Gasteiger partial charge in [0.05, 0.1) is 0 Å². The largest absolute Gasteiger partial charge is 0.370 e. The Morgan fingerprint density at radius 3 is 2.25 bits per heavy atom. The molecule has 2 aromatic rings. The SMILES string of the molecule is CN(Cc1ccccc1I)c1ccccc1. The van der Waals surface area contributed by atoms with Gasteiger partial charge in [0.1, 0.15) is 0 Å². The Morgan fingerprint density at radius 1 is 0.938 bits per heavy atom. The first-order valence-electron chi connectivity index (χ1n) is 5.27. The molecule has 0 aromatic heterocycles. The first-order valence-corrected chi connectivity index (χ1v) is 6.35. The van der Waals surface area contributed by atoms with Crippen LogP contribution in [0.5, 0.6) is 0 Å². The van der Waals surface area contributed by atoms with Crippen molar-refractivity contribution < 1.29 is 0 Å². The Labute approximate surface area is 110 Å². The van der Waals surface area contributed by atoms with Crippen molar-refractivity contribution in [2.24, 2.45) is 0 Å². The van der Waals surface area contributed by atoms with Gasteiger partial charge in [-0.3, -0.25) is 0 Å². The molecule has 0 aliphatic heterocycles. The molecule has 0 fully saturated rings. The van der Waals surface area contributed by atoms with E-state index in [-0.39, 0.29) is 0 Å². The number of hydrogen-bond acceptors (Lipinski definition) is 1. The van der Waals surface area contributed by atoms with Gasteiger partial charge in [-0.15, -0.1) is 0 Å². The first-order chi connectivity index (χ1) is 7.77. The van der Waals surface area contributed by atoms with E-state index in [1.807, 2.05) is 6.07 Å². The third-order valence-electron chi connectivity index (χ3n) is 2.56. The molecule has 0 saturated heterocycles. The summed E-state index contributed by atoms with van der Waals surface area (Å²) in [7, 11) is 2.12. The Morgan fingerprint density at radius 2 is 1.56 bits per heavy atom. The molecule has 0 N–H and O–H groups in total. The number of halogens is 1. The van der Waals surface area contributed by atoms with Gasteiger partial charge in [-0.2, -0.15) is 0 Å². The van der Waals surface area contributed by atoms with Crippen molar-refractivity contribution in [1.29, 1.82) is 0 Å². The predicted molar refractivity (Wildman–Crippen MR) is 77.7 cm³/mol. The molecule has 1 nitrogen and oxygen atoms in total. The number of benzene rings is 2. The predicted octanol–water partition coefficient (Wildman–Crippen LogP) is 3.93. The standard InChI is InChI=1S/C14H14IN/c1-16(13-8-3-2-4-9-13)11-12-7-5-6-10-14(12)15/h2-10H,11H2,1H3. The molecular formula is C14H14IN. The molecule has 2 heteroatoms. The Kier molecular flexibility index (Phi) is 3.83. The van der Waals surface area contributed by atoms with Gasteiger partial charge in [-0.1, -0.05) is 36.4 Å². The lowest BCUT2D eigenvalue weighted by Gasteiger charge is -2.19. The van der Waals surface area contributed by atoms with Crippen LogP contribution in [0.15, 0.2) is 54.6 Å². The maximum Gasteiger partial charge on any atom is 0.0436 e. The first kappa shape index (κ1) is 11.5. The molecule has 0 heterocycles. The molecule has 0 unspecified atom stereocenters. The van der Waals surface area contributed by atoms with Crippen molar-refractivity contribution in [3.05, 3.63) is 63.7 Å². The van der Waals surface area contributed by atoms with Gasteiger partial charge in [-0.25, -0.2) is 0 Å². The Hall–Kier alpha value is -1.03. The highest BCUT2D eigenvalue weighted by atomic mass is 127. The lowest BCUT2D eigenvalue weighted by Crippen LogP contribution is -2.16. The topological polar surface area (TPSA) is 3.24 Å². The highest BCUT2D eigenvalue weighted by Gasteiger charge is 2.03. The summed E-state index contributed by atoms with van der Waals surface area (Å²) < 4.78 is 1.32. The summed E-state index contributed by atoms with van der Waals surface area (Å²) in [5.41, 5.74) is 2.62. The molecule has 0 aliphatic rings. The zero-order valence-electron chi connectivity index (χ0n) is 9.23. The molecule has 0 bridgehead atoms. The van der Waals surface area contributed by atoms with Crippen LogP contribution in [0.2, 0.25) is 0 Å². The summed E-state index contributed by atoms with van der Waals surface area (Å²) in [6, 6.07) is 19.0. The number of hydrogen-bond donors (Lipinski definition) is 0. The van der Waals surface area contributed by atoms with Crippen molar-refractivity contribution in [2.75, 3.05) is 11.9 Å². The second-order valence-corrected chi connectivity index (χ2v) is 4.95. The highest BCUT2D eigenvalue weighted by molar-refractivity contribution is 14.1. The molecule has 16 heavy (non-hydrogen) atoms. The molecule has 2 rings (SSSR count). The number of rotatable bonds is 3. The van der Waals surface area contributed by atoms with Gasteiger partial charge < -0.3 is 4.90 Å². The monoisotopic (exact) mass is 323 g/mol. The van der Waals surface area contributed by atoms with Crippen molar-refractivity contribution in [1.82, 2.24) is 0 Å². The van der Waals surface area contributed by atoms with Gasteiger partial charge in [0.2, 0.25) is 0 Å².